The molecule has 0 spiro atoms. The van der Waals surface area contributed by atoms with Crippen LogP contribution in [-0.2, 0) is 17.1 Å². The highest BCUT2D eigenvalue weighted by Crippen LogP contribution is 2.41. The van der Waals surface area contributed by atoms with E-state index in [9.17, 15) is 14.7 Å². The van der Waals surface area contributed by atoms with E-state index in [0.717, 1.165) is 10.5 Å². The van der Waals surface area contributed by atoms with Crippen molar-refractivity contribution in [2.45, 2.75) is 19.2 Å². The Morgan fingerprint density at radius 3 is 2.41 bits per heavy atom. The molecular formula is C25H24BrN3O5. The number of halogens is 1. The van der Waals surface area contributed by atoms with Gasteiger partial charge in [0.25, 0.3) is 11.6 Å². The van der Waals surface area contributed by atoms with Crippen LogP contribution in [0.2, 0.25) is 0 Å². The fraction of sp³-hybridized carbons (Fsp3) is 0.200. The fourth-order valence-electron chi connectivity index (χ4n) is 3.79. The zero-order valence-electron chi connectivity index (χ0n) is 18.7. The van der Waals surface area contributed by atoms with E-state index in [1.54, 1.807) is 61.7 Å². The molecule has 1 aliphatic heterocycles. The van der Waals surface area contributed by atoms with Crippen LogP contribution >= 0.6 is 15.9 Å². The van der Waals surface area contributed by atoms with Crippen LogP contribution in [-0.4, -0.2) is 30.8 Å². The molecule has 0 aliphatic carbocycles. The number of fused-ring (bicyclic) bond motifs is 1. The van der Waals surface area contributed by atoms with Gasteiger partial charge in [-0.05, 0) is 67.1 Å². The normalized spacial score (nSPS) is 16.9. The minimum absolute atomic E-state index is 0.146. The van der Waals surface area contributed by atoms with E-state index < -0.39 is 17.7 Å². The summed E-state index contributed by atoms with van der Waals surface area (Å²) in [7, 11) is 1.57. The third-order valence-electron chi connectivity index (χ3n) is 5.46. The monoisotopic (exact) mass is 525 g/mol. The molecule has 0 saturated carbocycles. The maximum Gasteiger partial charge on any atom is 0.329 e. The lowest BCUT2D eigenvalue weighted by Gasteiger charge is -2.42. The van der Waals surface area contributed by atoms with Crippen molar-refractivity contribution in [1.82, 2.24) is 5.32 Å². The van der Waals surface area contributed by atoms with Crippen molar-refractivity contribution in [3.05, 3.63) is 82.3 Å². The summed E-state index contributed by atoms with van der Waals surface area (Å²) in [6.07, 6.45) is 0. The summed E-state index contributed by atoms with van der Waals surface area (Å²) in [5.74, 6) is 0.559. The fourth-order valence-corrected chi connectivity index (χ4v) is 4.15. The third-order valence-corrected chi connectivity index (χ3v) is 5.95. The smallest absolute Gasteiger partial charge is 0.329 e. The average Bonchev–Trinajstić information content (AvgIpc) is 2.84. The van der Waals surface area contributed by atoms with E-state index in [-0.39, 0.29) is 12.1 Å². The first kappa shape index (κ1) is 23.6. The summed E-state index contributed by atoms with van der Waals surface area (Å²) < 4.78 is 11.3. The molecule has 34 heavy (non-hydrogen) atoms. The molecule has 8 nitrogen and oxygen atoms in total. The Morgan fingerprint density at radius 1 is 1.09 bits per heavy atom. The van der Waals surface area contributed by atoms with Crippen molar-refractivity contribution < 1.29 is 24.2 Å². The number of carbonyl (C=O) groups excluding carboxylic acids is 2. The molecule has 1 heterocycles. The summed E-state index contributed by atoms with van der Waals surface area (Å²) in [4.78, 5) is 27.7. The molecule has 176 valence electrons. The van der Waals surface area contributed by atoms with Gasteiger partial charge in [0.2, 0.25) is 0 Å². The number of nitrogens with zero attached hydrogens (tertiary/aromatic N) is 1. The minimum atomic E-state index is -2.30. The van der Waals surface area contributed by atoms with Crippen molar-refractivity contribution in [1.29, 1.82) is 0 Å². The Bertz CT molecular complexity index is 1200. The van der Waals surface area contributed by atoms with Gasteiger partial charge in [-0.1, -0.05) is 28.1 Å². The summed E-state index contributed by atoms with van der Waals surface area (Å²) >= 11 is 3.40. The van der Waals surface area contributed by atoms with E-state index in [4.69, 9.17) is 9.47 Å². The molecule has 1 aliphatic rings. The Hall–Kier alpha value is -3.56. The highest BCUT2D eigenvalue weighted by molar-refractivity contribution is 9.10. The lowest BCUT2D eigenvalue weighted by Crippen LogP contribution is -2.62. The average molecular weight is 526 g/mol. The van der Waals surface area contributed by atoms with Gasteiger partial charge in [0, 0.05) is 22.3 Å². The number of anilines is 2. The number of amides is 3. The number of aliphatic hydroxyl groups is 1. The lowest BCUT2D eigenvalue weighted by molar-refractivity contribution is -0.140. The number of nitrogens with one attached hydrogen (secondary N) is 2. The number of urea groups is 1. The zero-order chi connectivity index (χ0) is 24.3. The van der Waals surface area contributed by atoms with Crippen LogP contribution in [0.3, 0.4) is 0 Å². The van der Waals surface area contributed by atoms with Gasteiger partial charge >= 0.3 is 6.03 Å². The summed E-state index contributed by atoms with van der Waals surface area (Å²) in [6.45, 7) is 2.50. The first-order chi connectivity index (χ1) is 16.4. The van der Waals surface area contributed by atoms with E-state index in [1.165, 1.54) is 0 Å². The van der Waals surface area contributed by atoms with E-state index in [1.807, 2.05) is 19.1 Å². The number of carbonyl (C=O) groups is 2. The van der Waals surface area contributed by atoms with Gasteiger partial charge in [-0.25, -0.2) is 4.79 Å². The van der Waals surface area contributed by atoms with Crippen molar-refractivity contribution in [2.75, 3.05) is 23.9 Å². The number of methoxy groups -OCH3 is 1. The van der Waals surface area contributed by atoms with Crippen molar-refractivity contribution in [3.8, 4) is 11.5 Å². The number of hydrogen-bond acceptors (Lipinski definition) is 5. The Morgan fingerprint density at radius 2 is 1.76 bits per heavy atom. The SMILES string of the molecule is CCOc1ccc(N2C(=O)Nc3ccc(Br)cc3C2(O)C(=O)NCc2ccc(OC)cc2)cc1. The van der Waals surface area contributed by atoms with Gasteiger partial charge in [0.15, 0.2) is 0 Å². The van der Waals surface area contributed by atoms with Crippen molar-refractivity contribution in [2.24, 2.45) is 0 Å². The van der Waals surface area contributed by atoms with Crippen LogP contribution in [0.15, 0.2) is 71.2 Å². The molecule has 0 radical (unpaired) electrons. The van der Waals surface area contributed by atoms with Crippen LogP contribution in [0.4, 0.5) is 16.2 Å². The summed E-state index contributed by atoms with van der Waals surface area (Å²) in [6, 6.07) is 18.1. The van der Waals surface area contributed by atoms with E-state index in [2.05, 4.69) is 26.6 Å². The van der Waals surface area contributed by atoms with Gasteiger partial charge in [0.05, 0.1) is 19.4 Å². The Kier molecular flexibility index (Phi) is 6.76. The van der Waals surface area contributed by atoms with Gasteiger partial charge in [-0.3, -0.25) is 9.69 Å². The Balaban J connectivity index is 1.72. The second kappa shape index (κ2) is 9.74. The van der Waals surface area contributed by atoms with Gasteiger partial charge in [0.1, 0.15) is 11.5 Å². The molecule has 1 unspecified atom stereocenters. The van der Waals surface area contributed by atoms with Crippen LogP contribution in [0, 0.1) is 0 Å². The molecule has 3 amide bonds. The summed E-state index contributed by atoms with van der Waals surface area (Å²) in [5, 5.41) is 17.4. The van der Waals surface area contributed by atoms with Crippen LogP contribution in [0.25, 0.3) is 0 Å². The van der Waals surface area contributed by atoms with Crippen molar-refractivity contribution >= 4 is 39.2 Å². The molecule has 0 aromatic heterocycles. The summed E-state index contributed by atoms with van der Waals surface area (Å²) in [5.41, 5.74) is -0.588. The first-order valence-electron chi connectivity index (χ1n) is 10.6. The maximum atomic E-state index is 13.5. The molecule has 3 N–H and O–H groups in total. The quantitative estimate of drug-likeness (QED) is 0.425. The largest absolute Gasteiger partial charge is 0.497 e. The molecular weight excluding hydrogens is 502 g/mol. The molecule has 4 rings (SSSR count). The zero-order valence-corrected chi connectivity index (χ0v) is 20.3. The highest BCUT2D eigenvalue weighted by Gasteiger charge is 2.52. The molecule has 1 atom stereocenters. The highest BCUT2D eigenvalue weighted by atomic mass is 79.9. The molecule has 3 aromatic rings. The van der Waals surface area contributed by atoms with Crippen LogP contribution in [0.1, 0.15) is 18.1 Å². The standard InChI is InChI=1S/C25H24BrN3O5/c1-3-34-20-11-7-18(8-12-20)29-24(31)28-22-13-6-17(26)14-21(22)25(29,32)23(30)27-15-16-4-9-19(33-2)10-5-16/h4-14,32H,3,15H2,1-2H3,(H,27,30)(H,28,31). The number of benzene rings is 3. The number of ether oxygens (including phenoxy) is 2. The Labute approximate surface area is 205 Å². The third kappa shape index (κ3) is 4.44. The molecule has 0 fully saturated rings. The molecule has 0 saturated heterocycles. The second-order valence-corrected chi connectivity index (χ2v) is 8.50. The van der Waals surface area contributed by atoms with Crippen LogP contribution in [0.5, 0.6) is 11.5 Å². The second-order valence-electron chi connectivity index (χ2n) is 7.59. The lowest BCUT2D eigenvalue weighted by atomic mass is 9.94. The number of hydrogen-bond donors (Lipinski definition) is 3. The van der Waals surface area contributed by atoms with E-state index >= 15 is 0 Å². The topological polar surface area (TPSA) is 100 Å². The van der Waals surface area contributed by atoms with Crippen molar-refractivity contribution in [3.63, 3.8) is 0 Å². The number of rotatable bonds is 7. The molecule has 3 aromatic carbocycles. The van der Waals surface area contributed by atoms with E-state index in [0.29, 0.717) is 34.0 Å². The predicted octanol–water partition coefficient (Wildman–Crippen LogP) is 4.37. The van der Waals surface area contributed by atoms with Crippen LogP contribution < -0.4 is 25.0 Å². The predicted molar refractivity (Wildman–Crippen MR) is 132 cm³/mol. The maximum absolute atomic E-state index is 13.5. The minimum Gasteiger partial charge on any atom is -0.497 e. The van der Waals surface area contributed by atoms with Gasteiger partial charge < -0.3 is 25.2 Å². The molecule has 9 heteroatoms. The van der Waals surface area contributed by atoms with Gasteiger partial charge in [-0.15, -0.1) is 0 Å². The molecule has 0 bridgehead atoms. The van der Waals surface area contributed by atoms with Gasteiger partial charge in [-0.2, -0.15) is 0 Å². The first-order valence-corrected chi connectivity index (χ1v) is 11.4.